The Bertz CT molecular complexity index is 854. The average Bonchev–Trinajstić information content (AvgIpc) is 3.06. The fourth-order valence-electron chi connectivity index (χ4n) is 1.81. The molecule has 0 atom stereocenters. The van der Waals surface area contributed by atoms with Gasteiger partial charge in [0.1, 0.15) is 10.3 Å². The molecule has 2 aromatic heterocycles. The Labute approximate surface area is 145 Å². The van der Waals surface area contributed by atoms with E-state index in [1.54, 1.807) is 6.07 Å². The maximum atomic E-state index is 12.7. The molecule has 3 aromatic rings. The molecule has 0 aliphatic carbocycles. The van der Waals surface area contributed by atoms with Crippen molar-refractivity contribution in [2.24, 2.45) is 0 Å². The van der Waals surface area contributed by atoms with Crippen molar-refractivity contribution >= 4 is 39.1 Å². The van der Waals surface area contributed by atoms with Crippen LogP contribution in [-0.4, -0.2) is 20.2 Å². The molecule has 0 unspecified atom stereocenters. The van der Waals surface area contributed by atoms with Gasteiger partial charge < -0.3 is 4.52 Å². The fourth-order valence-corrected chi connectivity index (χ4v) is 2.75. The van der Waals surface area contributed by atoms with E-state index in [9.17, 15) is 13.2 Å². The summed E-state index contributed by atoms with van der Waals surface area (Å²) in [6, 6.07) is 3.11. The Hall–Kier alpha value is -1.58. The molecule has 23 heavy (non-hydrogen) atoms. The third kappa shape index (κ3) is 3.22. The minimum atomic E-state index is -4.55. The van der Waals surface area contributed by atoms with Gasteiger partial charge in [-0.1, -0.05) is 33.6 Å². The van der Waals surface area contributed by atoms with Crippen molar-refractivity contribution in [3.05, 3.63) is 44.6 Å². The first-order valence-electron chi connectivity index (χ1n) is 5.87. The molecule has 0 aliphatic heterocycles. The van der Waals surface area contributed by atoms with Crippen molar-refractivity contribution in [2.75, 3.05) is 0 Å². The molecule has 1 aromatic carbocycles. The van der Waals surface area contributed by atoms with Gasteiger partial charge in [-0.3, -0.25) is 0 Å². The first kappa shape index (κ1) is 16.3. The number of halogens is 6. The van der Waals surface area contributed by atoms with Crippen LogP contribution < -0.4 is 0 Å². The van der Waals surface area contributed by atoms with Gasteiger partial charge in [0.25, 0.3) is 0 Å². The minimum absolute atomic E-state index is 0.0821. The lowest BCUT2D eigenvalue weighted by molar-refractivity contribution is -0.137. The molecule has 0 N–H and O–H groups in total. The molecule has 120 valence electrons. The van der Waals surface area contributed by atoms with E-state index >= 15 is 0 Å². The number of aromatic nitrogens is 4. The summed E-state index contributed by atoms with van der Waals surface area (Å²) >= 11 is 15.0. The Morgan fingerprint density at radius 2 is 1.78 bits per heavy atom. The second-order valence-electron chi connectivity index (χ2n) is 4.35. The molecule has 0 spiro atoms. The summed E-state index contributed by atoms with van der Waals surface area (Å²) in [5.41, 5.74) is -0.551. The van der Waals surface area contributed by atoms with E-state index in [4.69, 9.17) is 27.7 Å². The molecule has 0 aliphatic rings. The lowest BCUT2D eigenvalue weighted by atomic mass is 10.2. The standard InChI is InChI=1S/C12H4BrCl2F3N4O/c13-10-3-9(23-20-10)8-4-22(21-19-8)11-6(14)1-5(2-7(11)15)12(16,17)18/h1-4H. The summed E-state index contributed by atoms with van der Waals surface area (Å²) in [6.07, 6.45) is -3.14. The zero-order chi connectivity index (χ0) is 16.8. The van der Waals surface area contributed by atoms with Gasteiger partial charge in [-0.15, -0.1) is 5.10 Å². The number of rotatable bonds is 2. The molecule has 0 saturated carbocycles. The molecule has 11 heteroatoms. The molecule has 5 nitrogen and oxygen atoms in total. The quantitative estimate of drug-likeness (QED) is 0.576. The van der Waals surface area contributed by atoms with E-state index in [0.29, 0.717) is 16.1 Å². The third-order valence-electron chi connectivity index (χ3n) is 2.80. The van der Waals surface area contributed by atoms with Crippen molar-refractivity contribution in [1.82, 2.24) is 20.2 Å². The van der Waals surface area contributed by atoms with Crippen LogP contribution in [0.4, 0.5) is 13.2 Å². The molecule has 0 radical (unpaired) electrons. The maximum absolute atomic E-state index is 12.7. The van der Waals surface area contributed by atoms with Gasteiger partial charge in [-0.25, -0.2) is 4.68 Å². The molecular formula is C12H4BrCl2F3N4O. The monoisotopic (exact) mass is 426 g/mol. The van der Waals surface area contributed by atoms with E-state index in [2.05, 4.69) is 31.4 Å². The number of nitrogens with zero attached hydrogens (tertiary/aromatic N) is 4. The smallest absolute Gasteiger partial charge is 0.353 e. The van der Waals surface area contributed by atoms with Gasteiger partial charge in [0.15, 0.2) is 11.5 Å². The second kappa shape index (κ2) is 5.81. The van der Waals surface area contributed by atoms with Crippen LogP contribution in [0, 0.1) is 0 Å². The van der Waals surface area contributed by atoms with E-state index in [1.165, 1.54) is 6.20 Å². The van der Waals surface area contributed by atoms with Crippen LogP contribution in [0.2, 0.25) is 10.0 Å². The fraction of sp³-hybridized carbons (Fsp3) is 0.0833. The summed E-state index contributed by atoms with van der Waals surface area (Å²) in [5.74, 6) is 0.322. The molecule has 0 saturated heterocycles. The Morgan fingerprint density at radius 3 is 2.30 bits per heavy atom. The average molecular weight is 428 g/mol. The highest BCUT2D eigenvalue weighted by molar-refractivity contribution is 9.10. The maximum Gasteiger partial charge on any atom is 0.416 e. The molecule has 0 fully saturated rings. The Morgan fingerprint density at radius 1 is 1.13 bits per heavy atom. The van der Waals surface area contributed by atoms with Crippen molar-refractivity contribution in [3.63, 3.8) is 0 Å². The van der Waals surface area contributed by atoms with Crippen LogP contribution >= 0.6 is 39.1 Å². The largest absolute Gasteiger partial charge is 0.416 e. The van der Waals surface area contributed by atoms with E-state index in [-0.39, 0.29) is 15.7 Å². The lowest BCUT2D eigenvalue weighted by Gasteiger charge is -2.11. The van der Waals surface area contributed by atoms with Crippen LogP contribution in [0.15, 0.2) is 33.5 Å². The minimum Gasteiger partial charge on any atom is -0.353 e. The van der Waals surface area contributed by atoms with Crippen LogP contribution in [-0.2, 0) is 6.18 Å². The highest BCUT2D eigenvalue weighted by Gasteiger charge is 2.32. The third-order valence-corrected chi connectivity index (χ3v) is 3.75. The van der Waals surface area contributed by atoms with Crippen LogP contribution in [0.3, 0.4) is 0 Å². The van der Waals surface area contributed by atoms with Crippen molar-refractivity contribution in [3.8, 4) is 17.1 Å². The lowest BCUT2D eigenvalue weighted by Crippen LogP contribution is -2.07. The van der Waals surface area contributed by atoms with Gasteiger partial charge in [0.2, 0.25) is 0 Å². The Balaban J connectivity index is 2.04. The highest BCUT2D eigenvalue weighted by atomic mass is 79.9. The van der Waals surface area contributed by atoms with Gasteiger partial charge in [-0.05, 0) is 28.1 Å². The number of alkyl halides is 3. The van der Waals surface area contributed by atoms with E-state index < -0.39 is 11.7 Å². The van der Waals surface area contributed by atoms with Crippen LogP contribution in [0.25, 0.3) is 17.1 Å². The predicted octanol–water partition coefficient (Wildman–Crippen LogP) is 5.01. The summed E-state index contributed by atoms with van der Waals surface area (Å²) in [6.45, 7) is 0. The summed E-state index contributed by atoms with van der Waals surface area (Å²) < 4.78 is 44.8. The van der Waals surface area contributed by atoms with Crippen molar-refractivity contribution in [1.29, 1.82) is 0 Å². The molecule has 3 rings (SSSR count). The second-order valence-corrected chi connectivity index (χ2v) is 5.98. The SMILES string of the molecule is FC(F)(F)c1cc(Cl)c(-n2cc(-c3cc(Br)no3)nn2)c(Cl)c1. The topological polar surface area (TPSA) is 56.7 Å². The number of benzene rings is 1. The summed E-state index contributed by atoms with van der Waals surface area (Å²) in [7, 11) is 0. The van der Waals surface area contributed by atoms with E-state index in [1.807, 2.05) is 0 Å². The van der Waals surface area contributed by atoms with Gasteiger partial charge in [-0.2, -0.15) is 13.2 Å². The van der Waals surface area contributed by atoms with Gasteiger partial charge >= 0.3 is 6.18 Å². The van der Waals surface area contributed by atoms with E-state index in [0.717, 1.165) is 16.8 Å². The highest BCUT2D eigenvalue weighted by Crippen LogP contribution is 2.37. The molecule has 2 heterocycles. The van der Waals surface area contributed by atoms with Crippen LogP contribution in [0.5, 0.6) is 0 Å². The molecule has 0 bridgehead atoms. The first-order valence-corrected chi connectivity index (χ1v) is 7.42. The molecule has 0 amide bonds. The number of hydrogen-bond donors (Lipinski definition) is 0. The van der Waals surface area contributed by atoms with Crippen molar-refractivity contribution < 1.29 is 17.7 Å². The molecular weight excluding hydrogens is 424 g/mol. The normalized spacial score (nSPS) is 11.9. The van der Waals surface area contributed by atoms with Gasteiger partial charge in [0.05, 0.1) is 21.8 Å². The summed E-state index contributed by atoms with van der Waals surface area (Å²) in [4.78, 5) is 0. The number of hydrogen-bond acceptors (Lipinski definition) is 4. The zero-order valence-electron chi connectivity index (χ0n) is 10.8. The summed E-state index contributed by atoms with van der Waals surface area (Å²) in [5, 5.41) is 10.9. The zero-order valence-corrected chi connectivity index (χ0v) is 13.9. The van der Waals surface area contributed by atoms with Gasteiger partial charge in [0, 0.05) is 6.07 Å². The van der Waals surface area contributed by atoms with Crippen molar-refractivity contribution in [2.45, 2.75) is 6.18 Å². The van der Waals surface area contributed by atoms with Crippen LogP contribution in [0.1, 0.15) is 5.56 Å². The first-order chi connectivity index (χ1) is 10.8. The predicted molar refractivity (Wildman–Crippen MR) is 79.6 cm³/mol. The Kier molecular flexibility index (Phi) is 4.11.